The van der Waals surface area contributed by atoms with E-state index in [1.54, 1.807) is 31.7 Å². The summed E-state index contributed by atoms with van der Waals surface area (Å²) in [5.74, 6) is -0.0889. The summed E-state index contributed by atoms with van der Waals surface area (Å²) in [6.07, 6.45) is 10.2. The molecule has 0 spiro atoms. The molecule has 0 aliphatic heterocycles. The molecule has 0 unspecified atom stereocenters. The van der Waals surface area contributed by atoms with Crippen LogP contribution in [0.1, 0.15) is 37.2 Å². The van der Waals surface area contributed by atoms with Gasteiger partial charge in [0.15, 0.2) is 0 Å². The number of benzene rings is 1. The molecule has 0 saturated heterocycles. The number of carbonyl (C=O) groups excluding carboxylic acids is 1. The Balaban J connectivity index is 0.00000122. The first-order valence-electron chi connectivity index (χ1n) is 11.0. The van der Waals surface area contributed by atoms with Crippen molar-refractivity contribution in [2.45, 2.75) is 33.6 Å². The van der Waals surface area contributed by atoms with Crippen LogP contribution in [0.25, 0.3) is 16.7 Å². The van der Waals surface area contributed by atoms with Crippen molar-refractivity contribution in [1.82, 2.24) is 9.97 Å². The van der Waals surface area contributed by atoms with Gasteiger partial charge in [-0.1, -0.05) is 63.3 Å². The zero-order valence-electron chi connectivity index (χ0n) is 19.9. The fourth-order valence-corrected chi connectivity index (χ4v) is 3.03. The third-order valence-electron chi connectivity index (χ3n) is 4.46. The van der Waals surface area contributed by atoms with E-state index in [4.69, 9.17) is 0 Å². The molecule has 3 aromatic rings. The highest BCUT2D eigenvalue weighted by atomic mass is 16.1. The van der Waals surface area contributed by atoms with Crippen molar-refractivity contribution >= 4 is 23.4 Å². The number of pyridine rings is 2. The van der Waals surface area contributed by atoms with Crippen LogP contribution in [-0.4, -0.2) is 29.1 Å². The zero-order valence-corrected chi connectivity index (χ0v) is 19.9. The first kappa shape index (κ1) is 25.4. The van der Waals surface area contributed by atoms with Gasteiger partial charge < -0.3 is 5.32 Å². The van der Waals surface area contributed by atoms with Gasteiger partial charge >= 0.3 is 0 Å². The van der Waals surface area contributed by atoms with Crippen LogP contribution in [0.2, 0.25) is 0 Å². The Morgan fingerprint density at radius 1 is 1.06 bits per heavy atom. The second-order valence-electron chi connectivity index (χ2n) is 7.49. The van der Waals surface area contributed by atoms with Gasteiger partial charge in [0.25, 0.3) is 0 Å². The van der Waals surface area contributed by atoms with Crippen LogP contribution in [0.4, 0.5) is 5.69 Å². The van der Waals surface area contributed by atoms with Gasteiger partial charge in [-0.3, -0.25) is 19.8 Å². The third kappa shape index (κ3) is 8.30. The highest BCUT2D eigenvalue weighted by Gasteiger charge is 2.07. The largest absolute Gasteiger partial charge is 0.324 e. The summed E-state index contributed by atoms with van der Waals surface area (Å²) in [4.78, 5) is 25.1. The number of aromatic nitrogens is 2. The average molecular weight is 441 g/mol. The maximum absolute atomic E-state index is 12.4. The maximum Gasteiger partial charge on any atom is 0.228 e. The van der Waals surface area contributed by atoms with Crippen LogP contribution in [0.15, 0.2) is 84.6 Å². The number of hydrogen-bond acceptors (Lipinski definition) is 4. The molecule has 2 aromatic heterocycles. The molecule has 0 radical (unpaired) electrons. The van der Waals surface area contributed by atoms with Crippen molar-refractivity contribution in [3.8, 4) is 11.1 Å². The molecule has 5 heteroatoms. The van der Waals surface area contributed by atoms with Gasteiger partial charge in [-0.25, -0.2) is 0 Å². The van der Waals surface area contributed by atoms with E-state index in [9.17, 15) is 4.79 Å². The predicted octanol–water partition coefficient (Wildman–Crippen LogP) is 6.32. The Hall–Kier alpha value is -3.86. The quantitative estimate of drug-likeness (QED) is 0.345. The molecule has 5 nitrogen and oxygen atoms in total. The number of aryl methyl sites for hydroxylation is 1. The second kappa shape index (κ2) is 13.5. The molecule has 0 aliphatic carbocycles. The number of nitrogens with zero attached hydrogens (tertiary/aromatic N) is 3. The molecule has 170 valence electrons. The smallest absolute Gasteiger partial charge is 0.228 e. The minimum atomic E-state index is -0.0889. The molecule has 0 saturated carbocycles. The van der Waals surface area contributed by atoms with E-state index in [0.29, 0.717) is 12.1 Å². The van der Waals surface area contributed by atoms with Gasteiger partial charge in [0.1, 0.15) is 0 Å². The number of anilines is 1. The number of rotatable bonds is 7. The summed E-state index contributed by atoms with van der Waals surface area (Å²) in [5, 5.41) is 2.89. The Bertz CT molecular complexity index is 1100. The minimum absolute atomic E-state index is 0.0889. The van der Waals surface area contributed by atoms with Gasteiger partial charge in [-0.2, -0.15) is 0 Å². The number of hydrogen-bond donors (Lipinski definition) is 1. The standard InChI is InChI=1S/C25H24N4O.C3H8/c1-4-5-22(16-26-3)24-11-10-23(17-28-24)29-25(30)15-19-6-8-20(9-7-19)21-12-13-27-18(2)14-21;1-3-2/h4-14,16-17H,1,15H2,2-3H3,(H,29,30);3H2,1-2H3/b22-5+,26-16?;. The molecule has 1 N–H and O–H groups in total. The molecule has 0 bridgehead atoms. The normalized spacial score (nSPS) is 11.0. The molecular formula is C28H32N4O. The molecule has 0 aliphatic rings. The van der Waals surface area contributed by atoms with E-state index in [1.807, 2.05) is 61.5 Å². The lowest BCUT2D eigenvalue weighted by Crippen LogP contribution is -2.14. The van der Waals surface area contributed by atoms with Crippen LogP contribution >= 0.6 is 0 Å². The average Bonchev–Trinajstić information content (AvgIpc) is 2.80. The summed E-state index contributed by atoms with van der Waals surface area (Å²) >= 11 is 0. The summed E-state index contributed by atoms with van der Waals surface area (Å²) in [6.45, 7) is 9.93. The summed E-state index contributed by atoms with van der Waals surface area (Å²) in [5.41, 5.74) is 6.41. The van der Waals surface area contributed by atoms with Crippen molar-refractivity contribution in [2.75, 3.05) is 12.4 Å². The van der Waals surface area contributed by atoms with E-state index in [0.717, 1.165) is 33.7 Å². The predicted molar refractivity (Wildman–Crippen MR) is 140 cm³/mol. The fourth-order valence-electron chi connectivity index (χ4n) is 3.03. The van der Waals surface area contributed by atoms with E-state index < -0.39 is 0 Å². The fraction of sp³-hybridized carbons (Fsp3) is 0.214. The summed E-state index contributed by atoms with van der Waals surface area (Å²) in [6, 6.07) is 15.7. The Labute approximate surface area is 197 Å². The van der Waals surface area contributed by atoms with Crippen LogP contribution in [-0.2, 0) is 11.2 Å². The van der Waals surface area contributed by atoms with E-state index in [1.165, 1.54) is 6.42 Å². The van der Waals surface area contributed by atoms with Gasteiger partial charge in [0.05, 0.1) is 24.0 Å². The van der Waals surface area contributed by atoms with Crippen LogP contribution < -0.4 is 5.32 Å². The van der Waals surface area contributed by atoms with E-state index in [2.05, 4.69) is 40.7 Å². The Kier molecular flexibility index (Phi) is 10.4. The first-order valence-corrected chi connectivity index (χ1v) is 11.0. The van der Waals surface area contributed by atoms with Crippen LogP contribution in [0.3, 0.4) is 0 Å². The van der Waals surface area contributed by atoms with E-state index >= 15 is 0 Å². The lowest BCUT2D eigenvalue weighted by molar-refractivity contribution is -0.115. The Morgan fingerprint density at radius 2 is 1.79 bits per heavy atom. The van der Waals surface area contributed by atoms with E-state index in [-0.39, 0.29) is 5.91 Å². The summed E-state index contributed by atoms with van der Waals surface area (Å²) in [7, 11) is 1.70. The number of amides is 1. The maximum atomic E-state index is 12.4. The molecule has 2 heterocycles. The second-order valence-corrected chi connectivity index (χ2v) is 7.49. The lowest BCUT2D eigenvalue weighted by Gasteiger charge is -2.08. The van der Waals surface area contributed by atoms with Crippen molar-refractivity contribution in [3.63, 3.8) is 0 Å². The molecule has 1 aromatic carbocycles. The topological polar surface area (TPSA) is 67.2 Å². The number of carbonyl (C=O) groups is 1. The highest BCUT2D eigenvalue weighted by Crippen LogP contribution is 2.20. The number of aliphatic imine (C=N–C) groups is 1. The monoisotopic (exact) mass is 440 g/mol. The van der Waals surface area contributed by atoms with Gasteiger partial charge in [0, 0.05) is 30.7 Å². The van der Waals surface area contributed by atoms with Crippen LogP contribution in [0, 0.1) is 6.92 Å². The van der Waals surface area contributed by atoms with Gasteiger partial charge in [-0.15, -0.1) is 0 Å². The zero-order chi connectivity index (χ0) is 24.1. The third-order valence-corrected chi connectivity index (χ3v) is 4.46. The molecule has 0 fully saturated rings. The molecule has 1 amide bonds. The minimum Gasteiger partial charge on any atom is -0.324 e. The van der Waals surface area contributed by atoms with Gasteiger partial charge in [0.2, 0.25) is 5.91 Å². The molecular weight excluding hydrogens is 408 g/mol. The SMILES string of the molecule is C=C/C=C(\C=NC)c1ccc(NC(=O)Cc2ccc(-c3ccnc(C)c3)cc2)cn1.CCC. The lowest BCUT2D eigenvalue weighted by atomic mass is 10.0. The van der Waals surface area contributed by atoms with Crippen molar-refractivity contribution in [3.05, 3.63) is 96.6 Å². The van der Waals surface area contributed by atoms with Crippen LogP contribution in [0.5, 0.6) is 0 Å². The summed E-state index contributed by atoms with van der Waals surface area (Å²) < 4.78 is 0. The molecule has 3 rings (SSSR count). The van der Waals surface area contributed by atoms with Gasteiger partial charge in [-0.05, 0) is 47.9 Å². The molecule has 33 heavy (non-hydrogen) atoms. The highest BCUT2D eigenvalue weighted by molar-refractivity contribution is 6.09. The molecule has 0 atom stereocenters. The number of allylic oxidation sites excluding steroid dienone is 3. The number of nitrogens with one attached hydrogen (secondary N) is 1. The Morgan fingerprint density at radius 3 is 2.36 bits per heavy atom. The van der Waals surface area contributed by atoms with Crippen molar-refractivity contribution in [2.24, 2.45) is 4.99 Å². The van der Waals surface area contributed by atoms with Crippen molar-refractivity contribution in [1.29, 1.82) is 0 Å². The first-order chi connectivity index (χ1) is 16.0. The van der Waals surface area contributed by atoms with Crippen molar-refractivity contribution < 1.29 is 4.79 Å².